The van der Waals surface area contributed by atoms with E-state index >= 15 is 0 Å². The van der Waals surface area contributed by atoms with Gasteiger partial charge in [0.25, 0.3) is 0 Å². The van der Waals surface area contributed by atoms with Crippen molar-refractivity contribution in [1.82, 2.24) is 10.3 Å². The number of pyridine rings is 1. The third-order valence-electron chi connectivity index (χ3n) is 4.62. The van der Waals surface area contributed by atoms with Crippen LogP contribution in [0.15, 0.2) is 83.6 Å². The predicted octanol–water partition coefficient (Wildman–Crippen LogP) is 4.65. The molecule has 0 atom stereocenters. The topological polar surface area (TPSA) is 115 Å². The Bertz CT molecular complexity index is 1460. The Hall–Kier alpha value is -5.18. The molecule has 0 aliphatic rings. The Labute approximate surface area is 208 Å². The molecule has 2 aromatic heterocycles. The van der Waals surface area contributed by atoms with Gasteiger partial charge in [-0.15, -0.1) is 0 Å². The van der Waals surface area contributed by atoms with Crippen LogP contribution in [0.1, 0.15) is 16.8 Å². The summed E-state index contributed by atoms with van der Waals surface area (Å²) in [7, 11) is 0. The molecule has 0 radical (unpaired) electrons. The average Bonchev–Trinajstić information content (AvgIpc) is 3.29. The lowest BCUT2D eigenvalue weighted by Gasteiger charge is -2.17. The molecular formula is C25H17F3N6O3. The van der Waals surface area contributed by atoms with Crippen LogP contribution in [0.3, 0.4) is 0 Å². The van der Waals surface area contributed by atoms with Gasteiger partial charge in [0.05, 0.1) is 5.56 Å². The molecule has 186 valence electrons. The second-order valence-electron chi connectivity index (χ2n) is 7.47. The number of alkyl halides is 3. The van der Waals surface area contributed by atoms with Crippen LogP contribution in [-0.4, -0.2) is 22.2 Å². The second-order valence-corrected chi connectivity index (χ2v) is 7.47. The van der Waals surface area contributed by atoms with E-state index in [2.05, 4.69) is 38.0 Å². The third kappa shape index (κ3) is 7.40. The molecule has 3 amide bonds. The van der Waals surface area contributed by atoms with Gasteiger partial charge >= 0.3 is 12.1 Å². The summed E-state index contributed by atoms with van der Waals surface area (Å²) in [6.07, 6.45) is -1.80. The Morgan fingerprint density at radius 3 is 2.43 bits per heavy atom. The number of carbonyl (C=O) groups is 2. The van der Waals surface area contributed by atoms with Crippen LogP contribution in [0.25, 0.3) is 5.32 Å². The van der Waals surface area contributed by atoms with Crippen molar-refractivity contribution in [3.8, 4) is 11.8 Å². The molecule has 0 saturated carbocycles. The Kier molecular flexibility index (Phi) is 7.44. The largest absolute Gasteiger partial charge is 0.424 e. The molecule has 12 heteroatoms. The highest BCUT2D eigenvalue weighted by atomic mass is 19.4. The van der Waals surface area contributed by atoms with E-state index in [0.717, 1.165) is 12.1 Å². The summed E-state index contributed by atoms with van der Waals surface area (Å²) < 4.78 is 46.6. The van der Waals surface area contributed by atoms with Crippen molar-refractivity contribution in [3.05, 3.63) is 101 Å². The van der Waals surface area contributed by atoms with Crippen LogP contribution in [-0.2, 0) is 17.5 Å². The number of carbonyl (C=O) groups excluding carboxylic acids is 2. The first-order chi connectivity index (χ1) is 17.7. The van der Waals surface area contributed by atoms with Crippen LogP contribution in [0.4, 0.5) is 35.2 Å². The number of benzene rings is 2. The van der Waals surface area contributed by atoms with Crippen molar-refractivity contribution in [2.24, 2.45) is 0 Å². The molecule has 9 nitrogen and oxygen atoms in total. The molecule has 2 N–H and O–H groups in total. The van der Waals surface area contributed by atoms with Crippen LogP contribution < -0.4 is 15.3 Å². The summed E-state index contributed by atoms with van der Waals surface area (Å²) in [5, 5.41) is 11.9. The Balaban J connectivity index is 1.44. The van der Waals surface area contributed by atoms with Crippen molar-refractivity contribution in [2.75, 3.05) is 10.6 Å². The number of halogens is 3. The SMILES string of the molecule is O=C(C#Cc1ccccc1)Nc1cc(NC(=O)[N-]c2c[n+](Cc3ccccn3)no2)cc(C(F)(F)F)c1. The van der Waals surface area contributed by atoms with Gasteiger partial charge in [0.2, 0.25) is 18.6 Å². The quantitative estimate of drug-likeness (QED) is 0.302. The molecule has 0 saturated heterocycles. The summed E-state index contributed by atoms with van der Waals surface area (Å²) in [5.74, 6) is 3.91. The zero-order valence-corrected chi connectivity index (χ0v) is 18.9. The van der Waals surface area contributed by atoms with Crippen molar-refractivity contribution >= 4 is 29.2 Å². The number of rotatable bonds is 5. The van der Waals surface area contributed by atoms with Crippen molar-refractivity contribution < 1.29 is 32.0 Å². The van der Waals surface area contributed by atoms with Gasteiger partial charge in [0.15, 0.2) is 11.3 Å². The first-order valence-corrected chi connectivity index (χ1v) is 10.6. The standard InChI is InChI=1S/C25H17F3N6O3/c26-25(27,28)18-12-20(30-22(35)10-9-17-6-2-1-3-7-17)14-21(13-18)31-24(36)32-23-16-34(33-37-23)15-19-8-4-5-11-29-19/h1-8,11-14,16H,15H2,(H2-,30,31,32,33,35,36). The summed E-state index contributed by atoms with van der Waals surface area (Å²) in [5.41, 5.74) is -0.320. The number of urea groups is 1. The minimum atomic E-state index is -4.74. The lowest BCUT2D eigenvalue weighted by atomic mass is 10.1. The fraction of sp³-hybridized carbons (Fsp3) is 0.0800. The van der Waals surface area contributed by atoms with Gasteiger partial charge in [-0.05, 0) is 52.8 Å². The van der Waals surface area contributed by atoms with Gasteiger partial charge < -0.3 is 20.5 Å². The fourth-order valence-corrected chi connectivity index (χ4v) is 3.05. The average molecular weight is 506 g/mol. The predicted molar refractivity (Wildman–Crippen MR) is 125 cm³/mol. The Morgan fingerprint density at radius 2 is 1.73 bits per heavy atom. The summed E-state index contributed by atoms with van der Waals surface area (Å²) >= 11 is 0. The van der Waals surface area contributed by atoms with Crippen LogP contribution >= 0.6 is 0 Å². The highest BCUT2D eigenvalue weighted by Gasteiger charge is 2.31. The van der Waals surface area contributed by atoms with E-state index in [9.17, 15) is 22.8 Å². The van der Waals surface area contributed by atoms with Gasteiger partial charge in [-0.3, -0.25) is 14.6 Å². The molecule has 0 bridgehead atoms. The lowest BCUT2D eigenvalue weighted by Crippen LogP contribution is -2.35. The maximum atomic E-state index is 13.4. The summed E-state index contributed by atoms with van der Waals surface area (Å²) in [4.78, 5) is 28.6. The number of amides is 3. The first kappa shape index (κ1) is 24.9. The molecule has 4 rings (SSSR count). The molecule has 0 aliphatic heterocycles. The number of hydrogen-bond acceptors (Lipinski definition) is 5. The number of nitrogens with zero attached hydrogens (tertiary/aromatic N) is 4. The molecule has 37 heavy (non-hydrogen) atoms. The van der Waals surface area contributed by atoms with Crippen molar-refractivity contribution in [1.29, 1.82) is 0 Å². The zero-order chi connectivity index (χ0) is 26.3. The number of anilines is 2. The highest BCUT2D eigenvalue weighted by molar-refractivity contribution is 6.06. The molecule has 2 heterocycles. The number of nitrogens with one attached hydrogen (secondary N) is 2. The van der Waals surface area contributed by atoms with E-state index in [4.69, 9.17) is 4.52 Å². The van der Waals surface area contributed by atoms with E-state index in [-0.39, 0.29) is 23.8 Å². The molecule has 0 aliphatic carbocycles. The summed E-state index contributed by atoms with van der Waals surface area (Å²) in [6, 6.07) is 15.5. The molecule has 2 aromatic carbocycles. The normalized spacial score (nSPS) is 10.7. The maximum Gasteiger partial charge on any atom is 0.416 e. The minimum Gasteiger partial charge on any atom is -0.424 e. The van der Waals surface area contributed by atoms with Gasteiger partial charge in [0.1, 0.15) is 5.69 Å². The maximum absolute atomic E-state index is 13.4. The van der Waals surface area contributed by atoms with E-state index in [0.29, 0.717) is 17.3 Å². The molecule has 0 unspecified atom stereocenters. The van der Waals surface area contributed by atoms with Gasteiger partial charge in [-0.2, -0.15) is 13.2 Å². The first-order valence-electron chi connectivity index (χ1n) is 10.6. The van der Waals surface area contributed by atoms with Gasteiger partial charge in [-0.25, -0.2) is 0 Å². The van der Waals surface area contributed by atoms with E-state index in [1.807, 2.05) is 0 Å². The van der Waals surface area contributed by atoms with Crippen molar-refractivity contribution in [3.63, 3.8) is 0 Å². The number of aromatic nitrogens is 3. The molecule has 0 fully saturated rings. The van der Waals surface area contributed by atoms with E-state index in [1.165, 1.54) is 10.9 Å². The van der Waals surface area contributed by atoms with Crippen molar-refractivity contribution in [2.45, 2.75) is 12.7 Å². The minimum absolute atomic E-state index is 0.176. The zero-order valence-electron chi connectivity index (χ0n) is 18.9. The molecule has 0 spiro atoms. The monoisotopic (exact) mass is 506 g/mol. The van der Waals surface area contributed by atoms with Crippen LogP contribution in [0, 0.1) is 11.8 Å². The third-order valence-corrected chi connectivity index (χ3v) is 4.62. The second kappa shape index (κ2) is 11.0. The summed E-state index contributed by atoms with van der Waals surface area (Å²) in [6.45, 7) is 0.255. The van der Waals surface area contributed by atoms with Crippen LogP contribution in [0.2, 0.25) is 0 Å². The molecular weight excluding hydrogens is 489 g/mol. The smallest absolute Gasteiger partial charge is 0.416 e. The van der Waals surface area contributed by atoms with Gasteiger partial charge in [-0.1, -0.05) is 30.2 Å². The Morgan fingerprint density at radius 1 is 1.00 bits per heavy atom. The van der Waals surface area contributed by atoms with E-state index < -0.39 is 23.7 Å². The lowest BCUT2D eigenvalue weighted by molar-refractivity contribution is -0.755. The molecule has 4 aromatic rings. The fourth-order valence-electron chi connectivity index (χ4n) is 3.05. The van der Waals surface area contributed by atoms with Gasteiger partial charge in [0, 0.05) is 23.4 Å². The van der Waals surface area contributed by atoms with E-state index in [1.54, 1.807) is 54.7 Å². The number of hydrogen-bond donors (Lipinski definition) is 2. The highest BCUT2D eigenvalue weighted by Crippen LogP contribution is 2.33. The van der Waals surface area contributed by atoms with Crippen LogP contribution in [0.5, 0.6) is 0 Å².